The Morgan fingerprint density at radius 1 is 0.920 bits per heavy atom. The fourth-order valence-electron chi connectivity index (χ4n) is 2.86. The van der Waals surface area contributed by atoms with Crippen LogP contribution in [0.5, 0.6) is 0 Å². The maximum atomic E-state index is 12.9. The molecule has 0 amide bonds. The van der Waals surface area contributed by atoms with Crippen LogP contribution in [0.1, 0.15) is 45.7 Å². The predicted molar refractivity (Wildman–Crippen MR) is 94.1 cm³/mol. The van der Waals surface area contributed by atoms with Gasteiger partial charge in [-0.05, 0) is 26.0 Å². The largest absolute Gasteiger partial charge is 0.382 e. The van der Waals surface area contributed by atoms with Crippen LogP contribution in [-0.2, 0) is 10.1 Å². The maximum Gasteiger partial charge on any atom is 0.295 e. The van der Waals surface area contributed by atoms with Crippen molar-refractivity contribution in [2.75, 3.05) is 5.32 Å². The van der Waals surface area contributed by atoms with E-state index in [-0.39, 0.29) is 57.9 Å². The van der Waals surface area contributed by atoms with Gasteiger partial charge in [-0.3, -0.25) is 14.1 Å². The number of benzene rings is 2. The molecule has 1 aliphatic carbocycles. The van der Waals surface area contributed by atoms with E-state index >= 15 is 0 Å². The van der Waals surface area contributed by atoms with Crippen molar-refractivity contribution in [3.05, 3.63) is 58.7 Å². The van der Waals surface area contributed by atoms with Gasteiger partial charge in [-0.25, -0.2) is 0 Å². The molecule has 125 valence electrons. The first-order valence-corrected chi connectivity index (χ1v) is 8.75. The van der Waals surface area contributed by atoms with Gasteiger partial charge in [-0.1, -0.05) is 24.3 Å². The first-order chi connectivity index (χ1) is 11.2. The number of rotatable bonds is 3. The molecule has 0 aromatic heterocycles. The molecule has 0 spiro atoms. The molecule has 6 nitrogen and oxygen atoms in total. The minimum Gasteiger partial charge on any atom is -0.382 e. The van der Waals surface area contributed by atoms with Crippen LogP contribution in [0, 0.1) is 0 Å². The van der Waals surface area contributed by atoms with E-state index in [9.17, 15) is 22.6 Å². The summed E-state index contributed by atoms with van der Waals surface area (Å²) < 4.78 is 32.5. The van der Waals surface area contributed by atoms with Gasteiger partial charge in [0.05, 0.1) is 11.1 Å². The van der Waals surface area contributed by atoms with E-state index in [0.717, 1.165) is 6.07 Å². The van der Waals surface area contributed by atoms with E-state index in [1.54, 1.807) is 12.1 Å². The summed E-state index contributed by atoms with van der Waals surface area (Å²) in [5.41, 5.74) is 0.550. The molecule has 0 aliphatic heterocycles. The standard InChI is InChI=1S/C17H15NO5S.Na/c1-9(2)18-12-7-3-5-10-14(12)16(19)11-6-4-8-13(24(21,22)23)15(11)17(10)20;/h3-9,18H,1-2H3,(H,21,22,23);. The second-order valence-corrected chi connectivity index (χ2v) is 7.23. The van der Waals surface area contributed by atoms with E-state index in [1.807, 2.05) is 13.8 Å². The SMILES string of the molecule is CC(C)Nc1cccc2c1C(=O)c1cccc(S(=O)(=O)O)c1C2=O.[Na]. The molecule has 0 fully saturated rings. The van der Waals surface area contributed by atoms with Gasteiger partial charge in [-0.15, -0.1) is 0 Å². The van der Waals surface area contributed by atoms with Gasteiger partial charge in [0.15, 0.2) is 11.6 Å². The van der Waals surface area contributed by atoms with Crippen molar-refractivity contribution in [3.8, 4) is 0 Å². The normalized spacial score (nSPS) is 13.1. The molecular weight excluding hydrogens is 353 g/mol. The molecule has 8 heteroatoms. The van der Waals surface area contributed by atoms with Gasteiger partial charge in [0.25, 0.3) is 10.1 Å². The summed E-state index contributed by atoms with van der Waals surface area (Å²) in [4.78, 5) is 25.1. The number of carbonyl (C=O) groups is 2. The number of hydrogen-bond donors (Lipinski definition) is 2. The summed E-state index contributed by atoms with van der Waals surface area (Å²) in [6, 6.07) is 8.67. The van der Waals surface area contributed by atoms with Crippen molar-refractivity contribution in [2.45, 2.75) is 24.8 Å². The molecule has 2 N–H and O–H groups in total. The van der Waals surface area contributed by atoms with Crippen LogP contribution in [0.25, 0.3) is 0 Å². The van der Waals surface area contributed by atoms with Crippen molar-refractivity contribution in [2.24, 2.45) is 0 Å². The monoisotopic (exact) mass is 368 g/mol. The zero-order valence-electron chi connectivity index (χ0n) is 14.0. The van der Waals surface area contributed by atoms with Gasteiger partial charge in [0.1, 0.15) is 4.90 Å². The van der Waals surface area contributed by atoms with E-state index in [0.29, 0.717) is 5.69 Å². The Morgan fingerprint density at radius 3 is 2.00 bits per heavy atom. The molecule has 0 bridgehead atoms. The second kappa shape index (κ2) is 7.01. The van der Waals surface area contributed by atoms with Gasteiger partial charge in [-0.2, -0.15) is 8.42 Å². The number of fused-ring (bicyclic) bond motifs is 2. The van der Waals surface area contributed by atoms with E-state index in [1.165, 1.54) is 18.2 Å². The molecule has 1 aliphatic rings. The fourth-order valence-corrected chi connectivity index (χ4v) is 3.57. The minimum atomic E-state index is -4.62. The molecule has 0 atom stereocenters. The number of nitrogens with one attached hydrogen (secondary N) is 1. The van der Waals surface area contributed by atoms with Crippen LogP contribution >= 0.6 is 0 Å². The third-order valence-corrected chi connectivity index (χ3v) is 4.65. The Hall–Kier alpha value is -1.51. The van der Waals surface area contributed by atoms with Gasteiger partial charge in [0, 0.05) is 52.4 Å². The average molecular weight is 368 g/mol. The van der Waals surface area contributed by atoms with E-state index < -0.39 is 26.6 Å². The first kappa shape index (κ1) is 19.8. The Kier molecular flexibility index (Phi) is 5.56. The molecule has 0 saturated heterocycles. The molecule has 2 aromatic rings. The summed E-state index contributed by atoms with van der Waals surface area (Å²) in [5, 5.41) is 3.12. The van der Waals surface area contributed by atoms with Crippen molar-refractivity contribution in [1.29, 1.82) is 0 Å². The number of ketones is 2. The summed E-state index contributed by atoms with van der Waals surface area (Å²) >= 11 is 0. The van der Waals surface area contributed by atoms with Crippen LogP contribution in [0.15, 0.2) is 41.3 Å². The molecule has 3 rings (SSSR count). The summed E-state index contributed by atoms with van der Waals surface area (Å²) in [6.07, 6.45) is 0. The minimum absolute atomic E-state index is 0. The number of anilines is 1. The van der Waals surface area contributed by atoms with Gasteiger partial charge < -0.3 is 5.32 Å². The van der Waals surface area contributed by atoms with Gasteiger partial charge >= 0.3 is 0 Å². The summed E-state index contributed by atoms with van der Waals surface area (Å²) in [7, 11) is -4.62. The van der Waals surface area contributed by atoms with Gasteiger partial charge in [0.2, 0.25) is 0 Å². The fraction of sp³-hybridized carbons (Fsp3) is 0.176. The number of carbonyl (C=O) groups excluding carboxylic acids is 2. The summed E-state index contributed by atoms with van der Waals surface area (Å²) in [5.74, 6) is -1.05. The van der Waals surface area contributed by atoms with Crippen molar-refractivity contribution in [1.82, 2.24) is 0 Å². The third kappa shape index (κ3) is 3.43. The van der Waals surface area contributed by atoms with Crippen molar-refractivity contribution in [3.63, 3.8) is 0 Å². The Balaban J connectivity index is 0.00000225. The van der Waals surface area contributed by atoms with Crippen LogP contribution in [0.2, 0.25) is 0 Å². The third-order valence-electron chi connectivity index (χ3n) is 3.76. The van der Waals surface area contributed by atoms with E-state index in [4.69, 9.17) is 0 Å². The van der Waals surface area contributed by atoms with Crippen LogP contribution < -0.4 is 5.32 Å². The van der Waals surface area contributed by atoms with Crippen molar-refractivity contribution >= 4 is 56.9 Å². The predicted octanol–water partition coefficient (Wildman–Crippen LogP) is 2.15. The Labute approximate surface area is 167 Å². The molecule has 2 aromatic carbocycles. The average Bonchev–Trinajstić information content (AvgIpc) is 2.50. The topological polar surface area (TPSA) is 101 Å². The quantitative estimate of drug-likeness (QED) is 0.543. The van der Waals surface area contributed by atoms with Crippen LogP contribution in [0.3, 0.4) is 0 Å². The van der Waals surface area contributed by atoms with Crippen LogP contribution in [0.4, 0.5) is 5.69 Å². The Morgan fingerprint density at radius 2 is 1.44 bits per heavy atom. The smallest absolute Gasteiger partial charge is 0.295 e. The zero-order chi connectivity index (χ0) is 17.6. The van der Waals surface area contributed by atoms with Crippen LogP contribution in [-0.4, -0.2) is 60.1 Å². The summed E-state index contributed by atoms with van der Waals surface area (Å²) in [6.45, 7) is 3.80. The maximum absolute atomic E-state index is 12.9. The molecule has 0 unspecified atom stereocenters. The molecular formula is C17H15NNaO5S. The number of hydrogen-bond acceptors (Lipinski definition) is 5. The zero-order valence-corrected chi connectivity index (χ0v) is 16.8. The second-order valence-electron chi connectivity index (χ2n) is 5.84. The molecule has 0 heterocycles. The Bertz CT molecular complexity index is 983. The molecule has 0 saturated carbocycles. The molecule has 25 heavy (non-hydrogen) atoms. The van der Waals surface area contributed by atoms with E-state index in [2.05, 4.69) is 5.32 Å². The first-order valence-electron chi connectivity index (χ1n) is 7.31. The molecule has 1 radical (unpaired) electrons. The van der Waals surface area contributed by atoms with Crippen molar-refractivity contribution < 1.29 is 22.6 Å².